The van der Waals surface area contributed by atoms with Crippen molar-refractivity contribution in [1.29, 1.82) is 0 Å². The monoisotopic (exact) mass is 211 g/mol. The molecule has 0 spiro atoms. The molecule has 4 nitrogen and oxygen atoms in total. The third-order valence-electron chi connectivity index (χ3n) is 1.93. The Hall–Kier alpha value is -1.55. The molecule has 1 aromatic rings. The number of fused-ring (bicyclic) bond motifs is 1. The highest BCUT2D eigenvalue weighted by Crippen LogP contribution is 2.19. The summed E-state index contributed by atoms with van der Waals surface area (Å²) >= 11 is 0. The number of primary amides is 1. The molecule has 0 fully saturated rings. The van der Waals surface area contributed by atoms with Crippen molar-refractivity contribution >= 4 is 30.2 Å². The summed E-state index contributed by atoms with van der Waals surface area (Å²) in [7, 11) is 0. The minimum absolute atomic E-state index is 0. The SMILES string of the molecule is Cl.NC(=O)C1=Cc2cccnc2NC1. The predicted octanol–water partition coefficient (Wildman–Crippen LogP) is 0.798. The number of anilines is 1. The van der Waals surface area contributed by atoms with Crippen molar-refractivity contribution in [2.75, 3.05) is 11.9 Å². The number of amides is 1. The summed E-state index contributed by atoms with van der Waals surface area (Å²) in [4.78, 5) is 15.0. The number of nitrogens with two attached hydrogens (primary N) is 1. The summed E-state index contributed by atoms with van der Waals surface area (Å²) in [6, 6.07) is 3.71. The lowest BCUT2D eigenvalue weighted by Crippen LogP contribution is -2.23. The van der Waals surface area contributed by atoms with E-state index in [0.29, 0.717) is 12.1 Å². The van der Waals surface area contributed by atoms with E-state index in [2.05, 4.69) is 10.3 Å². The summed E-state index contributed by atoms with van der Waals surface area (Å²) < 4.78 is 0. The molecule has 74 valence electrons. The number of carbonyl (C=O) groups excluding carboxylic acids is 1. The van der Waals surface area contributed by atoms with Crippen LogP contribution in [0.4, 0.5) is 5.82 Å². The number of carbonyl (C=O) groups is 1. The highest BCUT2D eigenvalue weighted by Gasteiger charge is 2.12. The number of nitrogens with zero attached hydrogens (tertiary/aromatic N) is 1. The third kappa shape index (κ3) is 1.85. The number of hydrogen-bond donors (Lipinski definition) is 2. The maximum Gasteiger partial charge on any atom is 0.246 e. The molecule has 2 rings (SSSR count). The first kappa shape index (κ1) is 10.5. The summed E-state index contributed by atoms with van der Waals surface area (Å²) in [5.74, 6) is 0.412. The zero-order chi connectivity index (χ0) is 9.26. The van der Waals surface area contributed by atoms with Gasteiger partial charge in [0.2, 0.25) is 5.91 Å². The first-order valence-electron chi connectivity index (χ1n) is 3.96. The molecule has 0 unspecified atom stereocenters. The smallest absolute Gasteiger partial charge is 0.246 e. The molecular weight excluding hydrogens is 202 g/mol. The Bertz CT molecular complexity index is 389. The molecule has 1 aliphatic rings. The van der Waals surface area contributed by atoms with Crippen LogP contribution < -0.4 is 11.1 Å². The minimum Gasteiger partial charge on any atom is -0.366 e. The highest BCUT2D eigenvalue weighted by atomic mass is 35.5. The Morgan fingerprint density at radius 1 is 1.57 bits per heavy atom. The number of hydrogen-bond acceptors (Lipinski definition) is 3. The molecule has 1 aromatic heterocycles. The molecule has 14 heavy (non-hydrogen) atoms. The van der Waals surface area contributed by atoms with E-state index in [4.69, 9.17) is 5.73 Å². The van der Waals surface area contributed by atoms with Gasteiger partial charge in [0.05, 0.1) is 0 Å². The molecule has 5 heteroatoms. The molecule has 1 amide bonds. The number of halogens is 1. The molecule has 0 aromatic carbocycles. The van der Waals surface area contributed by atoms with Crippen LogP contribution in [0.2, 0.25) is 0 Å². The Kier molecular flexibility index (Phi) is 3.09. The van der Waals surface area contributed by atoms with Gasteiger partial charge >= 0.3 is 0 Å². The zero-order valence-corrected chi connectivity index (χ0v) is 8.17. The molecule has 0 atom stereocenters. The van der Waals surface area contributed by atoms with Crippen LogP contribution in [0.1, 0.15) is 5.56 Å². The fourth-order valence-corrected chi connectivity index (χ4v) is 1.26. The van der Waals surface area contributed by atoms with E-state index in [1.807, 2.05) is 12.1 Å². The Morgan fingerprint density at radius 3 is 3.07 bits per heavy atom. The van der Waals surface area contributed by atoms with Gasteiger partial charge in [0.1, 0.15) is 5.82 Å². The van der Waals surface area contributed by atoms with Crippen molar-refractivity contribution in [2.24, 2.45) is 5.73 Å². The van der Waals surface area contributed by atoms with E-state index in [-0.39, 0.29) is 18.3 Å². The molecule has 0 bridgehead atoms. The lowest BCUT2D eigenvalue weighted by molar-refractivity contribution is -0.114. The van der Waals surface area contributed by atoms with Crippen molar-refractivity contribution in [3.8, 4) is 0 Å². The Labute approximate surface area is 87.6 Å². The average Bonchev–Trinajstić information content (AvgIpc) is 2.17. The van der Waals surface area contributed by atoms with Crippen LogP contribution in [0.25, 0.3) is 6.08 Å². The van der Waals surface area contributed by atoms with Crippen LogP contribution in [0, 0.1) is 0 Å². The highest BCUT2D eigenvalue weighted by molar-refractivity contribution is 5.99. The fourth-order valence-electron chi connectivity index (χ4n) is 1.26. The van der Waals surface area contributed by atoms with Gasteiger partial charge in [0.15, 0.2) is 0 Å². The first-order valence-corrected chi connectivity index (χ1v) is 3.96. The van der Waals surface area contributed by atoms with Gasteiger partial charge in [-0.3, -0.25) is 4.79 Å². The van der Waals surface area contributed by atoms with Gasteiger partial charge in [0.25, 0.3) is 0 Å². The molecule has 0 saturated carbocycles. The van der Waals surface area contributed by atoms with E-state index in [1.165, 1.54) is 0 Å². The normalized spacial score (nSPS) is 13.0. The van der Waals surface area contributed by atoms with Gasteiger partial charge < -0.3 is 11.1 Å². The quantitative estimate of drug-likeness (QED) is 0.722. The summed E-state index contributed by atoms with van der Waals surface area (Å²) in [6.45, 7) is 0.458. The van der Waals surface area contributed by atoms with Crippen molar-refractivity contribution in [2.45, 2.75) is 0 Å². The second-order valence-corrected chi connectivity index (χ2v) is 2.83. The van der Waals surface area contributed by atoms with Crippen molar-refractivity contribution in [3.05, 3.63) is 29.5 Å². The van der Waals surface area contributed by atoms with Crippen molar-refractivity contribution in [1.82, 2.24) is 4.98 Å². The molecule has 3 N–H and O–H groups in total. The topological polar surface area (TPSA) is 68.0 Å². The summed E-state index contributed by atoms with van der Waals surface area (Å²) in [6.07, 6.45) is 3.47. The summed E-state index contributed by atoms with van der Waals surface area (Å²) in [5, 5.41) is 3.01. The maximum absolute atomic E-state index is 10.9. The Morgan fingerprint density at radius 2 is 2.36 bits per heavy atom. The molecule has 0 radical (unpaired) electrons. The van der Waals surface area contributed by atoms with E-state index in [0.717, 1.165) is 11.4 Å². The predicted molar refractivity (Wildman–Crippen MR) is 57.1 cm³/mol. The standard InChI is InChI=1S/C9H9N3O.ClH/c10-8(13)7-4-6-2-1-3-11-9(6)12-5-7;/h1-4H,5H2,(H2,10,13)(H,11,12);1H. The molecular formula is C9H10ClN3O. The second kappa shape index (κ2) is 4.11. The average molecular weight is 212 g/mol. The second-order valence-electron chi connectivity index (χ2n) is 2.83. The van der Waals surface area contributed by atoms with Crippen molar-refractivity contribution < 1.29 is 4.79 Å². The first-order chi connectivity index (χ1) is 6.27. The largest absolute Gasteiger partial charge is 0.366 e. The molecule has 2 heterocycles. The van der Waals surface area contributed by atoms with Gasteiger partial charge in [-0.1, -0.05) is 0 Å². The summed E-state index contributed by atoms with van der Waals surface area (Å²) in [5.41, 5.74) is 6.65. The zero-order valence-electron chi connectivity index (χ0n) is 7.36. The van der Waals surface area contributed by atoms with Crippen LogP contribution >= 0.6 is 12.4 Å². The van der Waals surface area contributed by atoms with Gasteiger partial charge in [-0.15, -0.1) is 12.4 Å². The van der Waals surface area contributed by atoms with Gasteiger partial charge in [-0.2, -0.15) is 0 Å². The third-order valence-corrected chi connectivity index (χ3v) is 1.93. The van der Waals surface area contributed by atoms with Crippen LogP contribution in [0.3, 0.4) is 0 Å². The van der Waals surface area contributed by atoms with Gasteiger partial charge in [-0.05, 0) is 18.2 Å². The van der Waals surface area contributed by atoms with E-state index in [1.54, 1.807) is 12.3 Å². The number of aromatic nitrogens is 1. The maximum atomic E-state index is 10.9. The van der Waals surface area contributed by atoms with Crippen LogP contribution in [-0.2, 0) is 4.79 Å². The van der Waals surface area contributed by atoms with E-state index in [9.17, 15) is 4.79 Å². The fraction of sp³-hybridized carbons (Fsp3) is 0.111. The van der Waals surface area contributed by atoms with Crippen molar-refractivity contribution in [3.63, 3.8) is 0 Å². The number of rotatable bonds is 1. The molecule has 0 saturated heterocycles. The van der Waals surface area contributed by atoms with E-state index >= 15 is 0 Å². The van der Waals surface area contributed by atoms with Gasteiger partial charge in [-0.25, -0.2) is 4.98 Å². The lowest BCUT2D eigenvalue weighted by atomic mass is 10.1. The van der Waals surface area contributed by atoms with Crippen LogP contribution in [0.15, 0.2) is 23.9 Å². The lowest BCUT2D eigenvalue weighted by Gasteiger charge is -2.14. The van der Waals surface area contributed by atoms with Crippen LogP contribution in [-0.4, -0.2) is 17.4 Å². The Balaban J connectivity index is 0.000000980. The van der Waals surface area contributed by atoms with Crippen LogP contribution in [0.5, 0.6) is 0 Å². The minimum atomic E-state index is -0.387. The van der Waals surface area contributed by atoms with E-state index < -0.39 is 0 Å². The molecule has 0 aliphatic carbocycles. The molecule has 1 aliphatic heterocycles. The number of pyridine rings is 1. The number of nitrogens with one attached hydrogen (secondary N) is 1. The van der Waals surface area contributed by atoms with Gasteiger partial charge in [0, 0.05) is 23.9 Å².